The van der Waals surface area contributed by atoms with Crippen LogP contribution in [0.5, 0.6) is 0 Å². The molecule has 5 heteroatoms. The smallest absolute Gasteiger partial charge is 0.185 e. The van der Waals surface area contributed by atoms with Gasteiger partial charge in [-0.05, 0) is 53.7 Å². The molecule has 4 atom stereocenters. The Hall–Kier alpha value is -4.12. The molecule has 0 spiro atoms. The van der Waals surface area contributed by atoms with E-state index in [1.54, 1.807) is 0 Å². The molecule has 0 bridgehead atoms. The molecule has 2 fully saturated rings. The summed E-state index contributed by atoms with van der Waals surface area (Å²) in [4.78, 5) is 16.6. The number of carbonyl (C=O) groups excluding carboxylic acids is 1. The molecule has 1 saturated heterocycles. The lowest BCUT2D eigenvalue weighted by Crippen LogP contribution is -2.43. The highest BCUT2D eigenvalue weighted by molar-refractivity contribution is 6.30. The number of ketones is 1. The highest BCUT2D eigenvalue weighted by Crippen LogP contribution is 2.56. The normalized spacial score (nSPS) is 23.4. The zero-order chi connectivity index (χ0) is 25.5. The van der Waals surface area contributed by atoms with Gasteiger partial charge in [-0.25, -0.2) is 0 Å². The molecule has 3 aliphatic rings. The molecule has 4 nitrogen and oxygen atoms in total. The number of benzene rings is 3. The van der Waals surface area contributed by atoms with Crippen LogP contribution in [0.4, 0.5) is 5.69 Å². The summed E-state index contributed by atoms with van der Waals surface area (Å²) in [6.07, 6.45) is 6.18. The first-order chi connectivity index (χ1) is 18.1. The van der Waals surface area contributed by atoms with E-state index in [1.165, 1.54) is 0 Å². The van der Waals surface area contributed by atoms with E-state index in [0.29, 0.717) is 10.6 Å². The van der Waals surface area contributed by atoms with Gasteiger partial charge in [0, 0.05) is 28.1 Å². The fourth-order valence-electron chi connectivity index (χ4n) is 6.24. The van der Waals surface area contributed by atoms with E-state index in [1.807, 2.05) is 66.7 Å². The summed E-state index contributed by atoms with van der Waals surface area (Å²) in [5, 5.41) is 20.6. The first kappa shape index (κ1) is 23.3. The van der Waals surface area contributed by atoms with Gasteiger partial charge in [-0.1, -0.05) is 84.4 Å². The molecule has 180 valence electrons. The van der Waals surface area contributed by atoms with Gasteiger partial charge in [0.25, 0.3) is 0 Å². The number of nitrogens with zero attached hydrogens (tertiary/aromatic N) is 3. The first-order valence-corrected chi connectivity index (χ1v) is 12.9. The molecular formula is C32H24ClN3O. The van der Waals surface area contributed by atoms with Crippen molar-refractivity contribution in [3.8, 4) is 12.1 Å². The number of halogens is 1. The average Bonchev–Trinajstić information content (AvgIpc) is 3.73. The molecule has 37 heavy (non-hydrogen) atoms. The Kier molecular flexibility index (Phi) is 5.91. The lowest BCUT2D eigenvalue weighted by Gasteiger charge is -2.36. The summed E-state index contributed by atoms with van der Waals surface area (Å²) >= 11 is 6.27. The van der Waals surface area contributed by atoms with E-state index in [4.69, 9.17) is 11.6 Å². The SMILES string of the molecule is N#CC(C#N)=C(C1CC1)[C@@H]1[C@H](c2ccc(Cl)cc2)[C@@H](C(=O)c2ccccc2)N2c3ccccc3C=C[C@H]12. The van der Waals surface area contributed by atoms with Crippen LogP contribution in [0.2, 0.25) is 5.02 Å². The number of nitriles is 2. The number of anilines is 1. The second kappa shape index (κ2) is 9.40. The third kappa shape index (κ3) is 3.95. The van der Waals surface area contributed by atoms with Crippen molar-refractivity contribution in [1.82, 2.24) is 0 Å². The van der Waals surface area contributed by atoms with Crippen molar-refractivity contribution in [1.29, 1.82) is 10.5 Å². The maximum absolute atomic E-state index is 14.4. The Labute approximate surface area is 221 Å². The van der Waals surface area contributed by atoms with Crippen molar-refractivity contribution >= 4 is 29.1 Å². The Morgan fingerprint density at radius 3 is 2.24 bits per heavy atom. The molecule has 0 radical (unpaired) electrons. The van der Waals surface area contributed by atoms with Gasteiger partial charge < -0.3 is 4.90 Å². The molecular weight excluding hydrogens is 478 g/mol. The molecule has 2 aliphatic heterocycles. The van der Waals surface area contributed by atoms with E-state index in [-0.39, 0.29) is 35.2 Å². The second-order valence-corrected chi connectivity index (χ2v) is 10.4. The quantitative estimate of drug-likeness (QED) is 0.280. The molecule has 0 amide bonds. The Morgan fingerprint density at radius 1 is 0.892 bits per heavy atom. The molecule has 0 unspecified atom stereocenters. The number of hydrogen-bond acceptors (Lipinski definition) is 4. The number of para-hydroxylation sites is 1. The fourth-order valence-corrected chi connectivity index (χ4v) is 6.36. The van der Waals surface area contributed by atoms with Crippen molar-refractivity contribution in [2.75, 3.05) is 4.90 Å². The Morgan fingerprint density at radius 2 is 1.57 bits per heavy atom. The summed E-state index contributed by atoms with van der Waals surface area (Å²) in [6.45, 7) is 0. The van der Waals surface area contributed by atoms with E-state index in [9.17, 15) is 15.3 Å². The second-order valence-electron chi connectivity index (χ2n) is 9.92. The van der Waals surface area contributed by atoms with Gasteiger partial charge >= 0.3 is 0 Å². The summed E-state index contributed by atoms with van der Waals surface area (Å²) in [6, 6.07) is 28.9. The zero-order valence-electron chi connectivity index (χ0n) is 20.1. The van der Waals surface area contributed by atoms with Crippen LogP contribution < -0.4 is 4.90 Å². The van der Waals surface area contributed by atoms with Gasteiger partial charge in [0.2, 0.25) is 0 Å². The van der Waals surface area contributed by atoms with E-state index < -0.39 is 6.04 Å². The number of fused-ring (bicyclic) bond motifs is 3. The average molecular weight is 502 g/mol. The van der Waals surface area contributed by atoms with Crippen molar-refractivity contribution in [2.24, 2.45) is 11.8 Å². The summed E-state index contributed by atoms with van der Waals surface area (Å²) in [5.41, 5.74) is 4.76. The lowest BCUT2D eigenvalue weighted by atomic mass is 9.73. The molecule has 1 aliphatic carbocycles. The molecule has 3 aromatic carbocycles. The molecule has 6 rings (SSSR count). The van der Waals surface area contributed by atoms with Crippen LogP contribution >= 0.6 is 11.6 Å². The van der Waals surface area contributed by atoms with Gasteiger partial charge in [-0.3, -0.25) is 4.79 Å². The van der Waals surface area contributed by atoms with Crippen LogP contribution in [0.1, 0.15) is 40.2 Å². The number of carbonyl (C=O) groups is 1. The predicted octanol–water partition coefficient (Wildman–Crippen LogP) is 6.96. The highest BCUT2D eigenvalue weighted by atomic mass is 35.5. The number of allylic oxidation sites excluding steroid dienone is 1. The van der Waals surface area contributed by atoms with Gasteiger partial charge in [0.05, 0.1) is 6.04 Å². The van der Waals surface area contributed by atoms with Gasteiger partial charge in [-0.2, -0.15) is 10.5 Å². The van der Waals surface area contributed by atoms with Crippen LogP contribution in [-0.2, 0) is 0 Å². The first-order valence-electron chi connectivity index (χ1n) is 12.6. The molecule has 0 N–H and O–H groups in total. The van der Waals surface area contributed by atoms with E-state index >= 15 is 0 Å². The minimum atomic E-state index is -0.517. The van der Waals surface area contributed by atoms with Crippen molar-refractivity contribution in [3.63, 3.8) is 0 Å². The van der Waals surface area contributed by atoms with Crippen LogP contribution in [0.15, 0.2) is 96.1 Å². The van der Waals surface area contributed by atoms with Crippen LogP contribution in [0, 0.1) is 34.5 Å². The van der Waals surface area contributed by atoms with E-state index in [0.717, 1.165) is 35.2 Å². The topological polar surface area (TPSA) is 67.9 Å². The minimum Gasteiger partial charge on any atom is -0.353 e. The van der Waals surface area contributed by atoms with Crippen molar-refractivity contribution in [3.05, 3.63) is 118 Å². The third-order valence-corrected chi connectivity index (χ3v) is 8.13. The molecule has 2 heterocycles. The highest BCUT2D eigenvalue weighted by Gasteiger charge is 2.56. The third-order valence-electron chi connectivity index (χ3n) is 7.87. The summed E-state index contributed by atoms with van der Waals surface area (Å²) in [7, 11) is 0. The van der Waals surface area contributed by atoms with Gasteiger partial charge in [0.15, 0.2) is 5.78 Å². The largest absolute Gasteiger partial charge is 0.353 e. The number of hydrogen-bond donors (Lipinski definition) is 0. The number of Topliss-reactive ketones (excluding diaryl/α,β-unsaturated/α-hetero) is 1. The molecule has 0 aromatic heterocycles. The van der Waals surface area contributed by atoms with Crippen LogP contribution in [0.3, 0.4) is 0 Å². The van der Waals surface area contributed by atoms with Crippen LogP contribution in [-0.4, -0.2) is 17.9 Å². The fraction of sp³-hybridized carbons (Fsp3) is 0.219. The van der Waals surface area contributed by atoms with Crippen molar-refractivity contribution < 1.29 is 4.79 Å². The minimum absolute atomic E-state index is 0.0313. The van der Waals surface area contributed by atoms with Gasteiger partial charge in [0.1, 0.15) is 23.8 Å². The monoisotopic (exact) mass is 501 g/mol. The van der Waals surface area contributed by atoms with Crippen molar-refractivity contribution in [2.45, 2.75) is 30.8 Å². The Bertz CT molecular complexity index is 1490. The lowest BCUT2D eigenvalue weighted by molar-refractivity contribution is 0.0952. The standard InChI is InChI=1S/C32H24ClN3O/c33-25-15-12-22(13-16-25)29-30(28(21-10-11-21)24(18-34)19-35)27-17-14-20-6-4-5-9-26(20)36(27)31(29)32(37)23-7-2-1-3-8-23/h1-9,12-17,21,27,29-31H,10-11H2/t27-,29+,30-,31+/m1/s1. The maximum atomic E-state index is 14.4. The molecule has 1 saturated carbocycles. The van der Waals surface area contributed by atoms with Crippen LogP contribution in [0.25, 0.3) is 6.08 Å². The Balaban J connectivity index is 1.63. The summed E-state index contributed by atoms with van der Waals surface area (Å²) < 4.78 is 0. The maximum Gasteiger partial charge on any atom is 0.185 e. The van der Waals surface area contributed by atoms with E-state index in [2.05, 4.69) is 41.3 Å². The number of rotatable bonds is 5. The van der Waals surface area contributed by atoms with Gasteiger partial charge in [-0.15, -0.1) is 0 Å². The predicted molar refractivity (Wildman–Crippen MR) is 145 cm³/mol. The molecule has 3 aromatic rings. The zero-order valence-corrected chi connectivity index (χ0v) is 20.8. The summed E-state index contributed by atoms with van der Waals surface area (Å²) in [5.74, 6) is -0.251.